The molecule has 1 rings (SSSR count). The Hall–Kier alpha value is -2.03. The van der Waals surface area contributed by atoms with Crippen LogP contribution in [0.3, 0.4) is 0 Å². The Labute approximate surface area is 96.8 Å². The normalized spacial score (nSPS) is 10.1. The lowest BCUT2D eigenvalue weighted by atomic mass is 10.1. The molecule has 0 fully saturated rings. The molecule has 0 aliphatic carbocycles. The molecule has 0 saturated heterocycles. The van der Waals surface area contributed by atoms with Crippen LogP contribution in [0.5, 0.6) is 0 Å². The van der Waals surface area contributed by atoms with E-state index in [4.69, 9.17) is 10.00 Å². The number of esters is 1. The van der Waals surface area contributed by atoms with Crippen LogP contribution in [0, 0.1) is 18.3 Å². The predicted octanol–water partition coefficient (Wildman–Crippen LogP) is 2.38. The van der Waals surface area contributed by atoms with Crippen molar-refractivity contribution >= 4 is 5.97 Å². The van der Waals surface area contributed by atoms with Crippen LogP contribution in [0.1, 0.15) is 40.7 Å². The number of hydrogen-bond donors (Lipinski definition) is 0. The van der Waals surface area contributed by atoms with E-state index in [2.05, 4.69) is 4.98 Å². The van der Waals surface area contributed by atoms with Gasteiger partial charge in [0, 0.05) is 0 Å². The smallest absolute Gasteiger partial charge is 0.339 e. The lowest BCUT2D eigenvalue weighted by Gasteiger charge is -2.08. The molecule has 0 spiro atoms. The number of aromatic nitrogens is 1. The number of aryl methyl sites for hydroxylation is 1. The van der Waals surface area contributed by atoms with Crippen molar-refractivity contribution in [2.75, 3.05) is 6.61 Å². The van der Waals surface area contributed by atoms with Gasteiger partial charge in [0.15, 0.2) is 0 Å². The molecule has 0 aromatic carbocycles. The van der Waals surface area contributed by atoms with Gasteiger partial charge in [-0.1, -0.05) is 0 Å². The van der Waals surface area contributed by atoms with Gasteiger partial charge in [-0.3, -0.25) is 4.98 Å². The number of ether oxygens (including phenoxy) is 1. The van der Waals surface area contributed by atoms with Crippen molar-refractivity contribution in [3.8, 4) is 6.07 Å². The van der Waals surface area contributed by atoms with E-state index < -0.39 is 18.1 Å². The lowest BCUT2D eigenvalue weighted by molar-refractivity contribution is 0.0525. The number of hydrogen-bond acceptors (Lipinski definition) is 4. The highest BCUT2D eigenvalue weighted by Crippen LogP contribution is 2.22. The van der Waals surface area contributed by atoms with Crippen LogP contribution in [0.15, 0.2) is 6.07 Å². The zero-order valence-corrected chi connectivity index (χ0v) is 9.33. The summed E-state index contributed by atoms with van der Waals surface area (Å²) in [5.41, 5.74) is -0.650. The molecule has 0 aliphatic rings. The summed E-state index contributed by atoms with van der Waals surface area (Å²) in [6.07, 6.45) is -2.80. The SMILES string of the molecule is CCOC(=O)c1cc(C(F)F)nc(C)c1C#N. The van der Waals surface area contributed by atoms with Crippen LogP contribution >= 0.6 is 0 Å². The maximum absolute atomic E-state index is 12.5. The third-order valence-electron chi connectivity index (χ3n) is 2.05. The largest absolute Gasteiger partial charge is 0.462 e. The molecule has 6 heteroatoms. The Morgan fingerprint density at radius 3 is 2.76 bits per heavy atom. The predicted molar refractivity (Wildman–Crippen MR) is 54.6 cm³/mol. The van der Waals surface area contributed by atoms with Crippen LogP contribution < -0.4 is 0 Å². The maximum atomic E-state index is 12.5. The van der Waals surface area contributed by atoms with Crippen LogP contribution in [0.25, 0.3) is 0 Å². The van der Waals surface area contributed by atoms with E-state index in [1.54, 1.807) is 13.0 Å². The minimum atomic E-state index is -2.80. The van der Waals surface area contributed by atoms with Crippen molar-refractivity contribution in [2.45, 2.75) is 20.3 Å². The zero-order chi connectivity index (χ0) is 13.0. The number of rotatable bonds is 3. The number of carbonyl (C=O) groups is 1. The molecule has 1 heterocycles. The zero-order valence-electron chi connectivity index (χ0n) is 9.33. The van der Waals surface area contributed by atoms with E-state index >= 15 is 0 Å². The monoisotopic (exact) mass is 240 g/mol. The van der Waals surface area contributed by atoms with Gasteiger partial charge < -0.3 is 4.74 Å². The summed E-state index contributed by atoms with van der Waals surface area (Å²) in [4.78, 5) is 15.1. The van der Waals surface area contributed by atoms with Crippen molar-refractivity contribution in [3.63, 3.8) is 0 Å². The molecule has 17 heavy (non-hydrogen) atoms. The first-order valence-electron chi connectivity index (χ1n) is 4.88. The maximum Gasteiger partial charge on any atom is 0.339 e. The Kier molecular flexibility index (Phi) is 4.10. The summed E-state index contributed by atoms with van der Waals surface area (Å²) in [5.74, 6) is -0.795. The van der Waals surface area contributed by atoms with E-state index in [1.807, 2.05) is 0 Å². The van der Waals surface area contributed by atoms with E-state index in [9.17, 15) is 13.6 Å². The van der Waals surface area contributed by atoms with Crippen LogP contribution in [0.4, 0.5) is 8.78 Å². The average molecular weight is 240 g/mol. The number of nitrogens with zero attached hydrogens (tertiary/aromatic N) is 2. The fourth-order valence-electron chi connectivity index (χ4n) is 1.32. The third-order valence-corrected chi connectivity index (χ3v) is 2.05. The van der Waals surface area contributed by atoms with E-state index in [1.165, 1.54) is 6.92 Å². The standard InChI is InChI=1S/C11H10F2N2O2/c1-3-17-11(16)7-4-9(10(12)13)15-6(2)8(7)5-14/h4,10H,3H2,1-2H3. The van der Waals surface area contributed by atoms with E-state index in [-0.39, 0.29) is 23.4 Å². The van der Waals surface area contributed by atoms with Crippen molar-refractivity contribution < 1.29 is 18.3 Å². The Morgan fingerprint density at radius 1 is 1.65 bits per heavy atom. The minimum Gasteiger partial charge on any atom is -0.462 e. The summed E-state index contributed by atoms with van der Waals surface area (Å²) < 4.78 is 29.7. The van der Waals surface area contributed by atoms with Gasteiger partial charge in [0.2, 0.25) is 0 Å². The number of pyridine rings is 1. The molecular weight excluding hydrogens is 230 g/mol. The number of carbonyl (C=O) groups excluding carboxylic acids is 1. The van der Waals surface area contributed by atoms with E-state index in [0.717, 1.165) is 6.07 Å². The summed E-state index contributed by atoms with van der Waals surface area (Å²) in [6.45, 7) is 3.09. The lowest BCUT2D eigenvalue weighted by Crippen LogP contribution is -2.10. The highest BCUT2D eigenvalue weighted by atomic mass is 19.3. The van der Waals surface area contributed by atoms with Gasteiger partial charge in [-0.25, -0.2) is 13.6 Å². The van der Waals surface area contributed by atoms with Gasteiger partial charge in [0.05, 0.1) is 23.4 Å². The quantitative estimate of drug-likeness (QED) is 0.761. The van der Waals surface area contributed by atoms with Crippen molar-refractivity contribution in [1.29, 1.82) is 5.26 Å². The molecule has 1 aromatic rings. The average Bonchev–Trinajstić information content (AvgIpc) is 2.28. The Balaban J connectivity index is 3.35. The molecule has 0 saturated carbocycles. The molecule has 0 atom stereocenters. The molecule has 0 radical (unpaired) electrons. The fourth-order valence-corrected chi connectivity index (χ4v) is 1.32. The Morgan fingerprint density at radius 2 is 2.29 bits per heavy atom. The van der Waals surface area contributed by atoms with Crippen molar-refractivity contribution in [1.82, 2.24) is 4.98 Å². The number of halogens is 2. The molecule has 4 nitrogen and oxygen atoms in total. The van der Waals surface area contributed by atoms with Crippen molar-refractivity contribution in [3.05, 3.63) is 28.6 Å². The van der Waals surface area contributed by atoms with Gasteiger partial charge in [-0.2, -0.15) is 5.26 Å². The third kappa shape index (κ3) is 2.75. The summed E-state index contributed by atoms with van der Waals surface area (Å²) in [6, 6.07) is 2.66. The number of alkyl halides is 2. The van der Waals surface area contributed by atoms with Gasteiger partial charge in [-0.15, -0.1) is 0 Å². The van der Waals surface area contributed by atoms with E-state index in [0.29, 0.717) is 0 Å². The number of nitriles is 1. The second-order valence-corrected chi connectivity index (χ2v) is 3.19. The van der Waals surface area contributed by atoms with Crippen LogP contribution in [-0.2, 0) is 4.74 Å². The molecule has 0 N–H and O–H groups in total. The van der Waals surface area contributed by atoms with Crippen LogP contribution in [0.2, 0.25) is 0 Å². The highest BCUT2D eigenvalue weighted by molar-refractivity contribution is 5.92. The molecule has 0 bridgehead atoms. The molecule has 0 aliphatic heterocycles. The molecule has 0 unspecified atom stereocenters. The summed E-state index contributed by atoms with van der Waals surface area (Å²) >= 11 is 0. The first kappa shape index (κ1) is 13.0. The van der Waals surface area contributed by atoms with Gasteiger partial charge in [0.25, 0.3) is 6.43 Å². The summed E-state index contributed by atoms with van der Waals surface area (Å²) in [7, 11) is 0. The fraction of sp³-hybridized carbons (Fsp3) is 0.364. The summed E-state index contributed by atoms with van der Waals surface area (Å²) in [5, 5.41) is 8.86. The topological polar surface area (TPSA) is 63.0 Å². The molecule has 0 amide bonds. The second kappa shape index (κ2) is 5.34. The van der Waals surface area contributed by atoms with Crippen molar-refractivity contribution in [2.24, 2.45) is 0 Å². The van der Waals surface area contributed by atoms with Crippen LogP contribution in [-0.4, -0.2) is 17.6 Å². The first-order valence-corrected chi connectivity index (χ1v) is 4.88. The molecule has 1 aromatic heterocycles. The van der Waals surface area contributed by atoms with Gasteiger partial charge in [-0.05, 0) is 19.9 Å². The molecular formula is C11H10F2N2O2. The Bertz CT molecular complexity index is 481. The molecule has 90 valence electrons. The van der Waals surface area contributed by atoms with Gasteiger partial charge in [0.1, 0.15) is 11.8 Å². The minimum absolute atomic E-state index is 0.0344. The first-order chi connectivity index (χ1) is 8.01. The van der Waals surface area contributed by atoms with Gasteiger partial charge >= 0.3 is 5.97 Å². The second-order valence-electron chi connectivity index (χ2n) is 3.19. The highest BCUT2D eigenvalue weighted by Gasteiger charge is 2.20.